The van der Waals surface area contributed by atoms with Gasteiger partial charge in [0, 0.05) is 5.02 Å². The van der Waals surface area contributed by atoms with E-state index in [2.05, 4.69) is 10.3 Å². The molecule has 0 spiro atoms. The highest BCUT2D eigenvalue weighted by Gasteiger charge is 2.12. The third kappa shape index (κ3) is 5.16. The molecule has 0 radical (unpaired) electrons. The van der Waals surface area contributed by atoms with Crippen molar-refractivity contribution >= 4 is 46.6 Å². The van der Waals surface area contributed by atoms with Gasteiger partial charge < -0.3 is 9.68 Å². The van der Waals surface area contributed by atoms with E-state index in [9.17, 15) is 9.59 Å². The fraction of sp³-hybridized carbons (Fsp3) is 0. The molecule has 0 fully saturated rings. The van der Waals surface area contributed by atoms with Gasteiger partial charge in [-0.05, 0) is 60.7 Å². The van der Waals surface area contributed by atoms with Crippen LogP contribution in [0.5, 0.6) is 0 Å². The Balaban J connectivity index is 1.57. The van der Waals surface area contributed by atoms with Gasteiger partial charge in [-0.3, -0.25) is 0 Å². The van der Waals surface area contributed by atoms with E-state index in [1.54, 1.807) is 54.6 Å². The number of halogens is 2. The molecule has 8 heteroatoms. The summed E-state index contributed by atoms with van der Waals surface area (Å²) in [6, 6.07) is 12.7. The van der Waals surface area contributed by atoms with Crippen LogP contribution in [0.25, 0.3) is 0 Å². The molecule has 140 valence electrons. The molecule has 0 aliphatic heterocycles. The van der Waals surface area contributed by atoms with E-state index in [1.165, 1.54) is 18.2 Å². The molecule has 6 nitrogen and oxygen atoms in total. The van der Waals surface area contributed by atoms with Gasteiger partial charge in [-0.25, -0.2) is 9.59 Å². The van der Waals surface area contributed by atoms with Gasteiger partial charge in [0.2, 0.25) is 0 Å². The summed E-state index contributed by atoms with van der Waals surface area (Å²) in [6.07, 6.45) is 6.21. The van der Waals surface area contributed by atoms with Gasteiger partial charge in [0.25, 0.3) is 0 Å². The van der Waals surface area contributed by atoms with Crippen molar-refractivity contribution in [2.24, 2.45) is 10.3 Å². The van der Waals surface area contributed by atoms with Crippen LogP contribution in [0.4, 0.5) is 0 Å². The Kier molecular flexibility index (Phi) is 6.37. The van der Waals surface area contributed by atoms with Gasteiger partial charge in [-0.15, -0.1) is 0 Å². The molecular formula is C20H12Cl2N2O4. The van der Waals surface area contributed by atoms with Gasteiger partial charge >= 0.3 is 11.9 Å². The fourth-order valence-electron chi connectivity index (χ4n) is 2.08. The Bertz CT molecular complexity index is 1010. The number of carbonyl (C=O) groups is 2. The standard InChI is InChI=1S/C20H12Cl2N2O4/c21-14-7-5-13(6-8-14)19(25)27-23-15-9-11-16(12-10-15)24-28-20(26)17-3-1-2-4-18(17)22/h1-12H. The minimum atomic E-state index is -0.670. The van der Waals surface area contributed by atoms with Gasteiger partial charge in [-0.1, -0.05) is 45.6 Å². The van der Waals surface area contributed by atoms with Crippen LogP contribution >= 0.6 is 23.2 Å². The number of oxime groups is 2. The van der Waals surface area contributed by atoms with E-state index < -0.39 is 11.9 Å². The zero-order chi connectivity index (χ0) is 19.9. The molecule has 0 N–H and O–H groups in total. The largest absolute Gasteiger partial charge is 0.367 e. The number of hydrogen-bond donors (Lipinski definition) is 0. The lowest BCUT2D eigenvalue weighted by molar-refractivity contribution is 0.0508. The maximum absolute atomic E-state index is 12.0. The highest BCUT2D eigenvalue weighted by molar-refractivity contribution is 6.33. The van der Waals surface area contributed by atoms with Crippen molar-refractivity contribution in [3.8, 4) is 0 Å². The highest BCUT2D eigenvalue weighted by atomic mass is 35.5. The Morgan fingerprint density at radius 3 is 1.82 bits per heavy atom. The number of allylic oxidation sites excluding steroid dienone is 4. The topological polar surface area (TPSA) is 77.3 Å². The van der Waals surface area contributed by atoms with Crippen molar-refractivity contribution in [2.45, 2.75) is 0 Å². The van der Waals surface area contributed by atoms with Crippen LogP contribution in [0.2, 0.25) is 10.0 Å². The van der Waals surface area contributed by atoms with Gasteiger partial charge in [0.1, 0.15) is 11.4 Å². The van der Waals surface area contributed by atoms with Crippen molar-refractivity contribution < 1.29 is 19.3 Å². The Morgan fingerprint density at radius 1 is 0.714 bits per heavy atom. The van der Waals surface area contributed by atoms with E-state index in [-0.39, 0.29) is 10.6 Å². The Hall–Kier alpha value is -3.22. The smallest absolute Gasteiger partial charge is 0.312 e. The molecular weight excluding hydrogens is 403 g/mol. The van der Waals surface area contributed by atoms with Gasteiger partial charge in [-0.2, -0.15) is 0 Å². The van der Waals surface area contributed by atoms with Crippen molar-refractivity contribution in [3.05, 3.63) is 94.0 Å². The van der Waals surface area contributed by atoms with Crippen LogP contribution in [-0.4, -0.2) is 23.4 Å². The summed E-state index contributed by atoms with van der Waals surface area (Å²) in [4.78, 5) is 33.6. The van der Waals surface area contributed by atoms with Crippen molar-refractivity contribution in [3.63, 3.8) is 0 Å². The Morgan fingerprint density at radius 2 is 1.25 bits per heavy atom. The predicted octanol–water partition coefficient (Wildman–Crippen LogP) is 4.85. The number of rotatable bonds is 4. The maximum atomic E-state index is 12.0. The fourth-order valence-corrected chi connectivity index (χ4v) is 2.42. The summed E-state index contributed by atoms with van der Waals surface area (Å²) >= 11 is 11.7. The summed E-state index contributed by atoms with van der Waals surface area (Å²) in [5.74, 6) is -1.28. The SMILES string of the molecule is O=C(ON=C1C=CC(=NOC(=O)c2ccccc2Cl)C=C1)c1ccc(Cl)cc1. The predicted molar refractivity (Wildman–Crippen MR) is 107 cm³/mol. The molecule has 0 bridgehead atoms. The van der Waals surface area contributed by atoms with Crippen LogP contribution in [0.1, 0.15) is 20.7 Å². The third-order valence-electron chi connectivity index (χ3n) is 3.49. The summed E-state index contributed by atoms with van der Waals surface area (Å²) < 4.78 is 0. The van der Waals surface area contributed by atoms with E-state index >= 15 is 0 Å². The molecule has 0 amide bonds. The lowest BCUT2D eigenvalue weighted by Crippen LogP contribution is -2.07. The second kappa shape index (κ2) is 9.12. The summed E-state index contributed by atoms with van der Waals surface area (Å²) in [5.41, 5.74) is 1.31. The minimum Gasteiger partial charge on any atom is -0.312 e. The third-order valence-corrected chi connectivity index (χ3v) is 4.07. The summed E-state index contributed by atoms with van der Waals surface area (Å²) in [5, 5.41) is 8.29. The molecule has 0 unspecified atom stereocenters. The number of nitrogens with zero attached hydrogens (tertiary/aromatic N) is 2. The first-order valence-electron chi connectivity index (χ1n) is 7.98. The monoisotopic (exact) mass is 414 g/mol. The zero-order valence-electron chi connectivity index (χ0n) is 14.2. The average molecular weight is 415 g/mol. The molecule has 2 aromatic rings. The molecule has 28 heavy (non-hydrogen) atoms. The van der Waals surface area contributed by atoms with Crippen molar-refractivity contribution in [1.82, 2.24) is 0 Å². The molecule has 0 aromatic heterocycles. The van der Waals surface area contributed by atoms with Crippen LogP contribution < -0.4 is 0 Å². The van der Waals surface area contributed by atoms with E-state index in [4.69, 9.17) is 32.9 Å². The number of benzene rings is 2. The number of hydrogen-bond acceptors (Lipinski definition) is 6. The maximum Gasteiger partial charge on any atom is 0.367 e. The van der Waals surface area contributed by atoms with Crippen molar-refractivity contribution in [1.29, 1.82) is 0 Å². The highest BCUT2D eigenvalue weighted by Crippen LogP contribution is 2.16. The van der Waals surface area contributed by atoms with Crippen LogP contribution in [0.3, 0.4) is 0 Å². The lowest BCUT2D eigenvalue weighted by Gasteiger charge is -2.03. The van der Waals surface area contributed by atoms with Gasteiger partial charge in [0.05, 0.1) is 16.1 Å². The van der Waals surface area contributed by atoms with Crippen LogP contribution in [-0.2, 0) is 9.68 Å². The molecule has 0 saturated carbocycles. The summed E-state index contributed by atoms with van der Waals surface area (Å²) in [7, 11) is 0. The molecule has 0 saturated heterocycles. The second-order valence-electron chi connectivity index (χ2n) is 5.44. The molecule has 1 aliphatic carbocycles. The lowest BCUT2D eigenvalue weighted by atomic mass is 10.1. The zero-order valence-corrected chi connectivity index (χ0v) is 15.7. The van der Waals surface area contributed by atoms with Crippen LogP contribution in [0.15, 0.2) is 83.1 Å². The van der Waals surface area contributed by atoms with E-state index in [1.807, 2.05) is 0 Å². The van der Waals surface area contributed by atoms with Gasteiger partial charge in [0.15, 0.2) is 0 Å². The molecule has 0 atom stereocenters. The number of carbonyl (C=O) groups excluding carboxylic acids is 2. The molecule has 1 aliphatic rings. The van der Waals surface area contributed by atoms with Crippen molar-refractivity contribution in [2.75, 3.05) is 0 Å². The van der Waals surface area contributed by atoms with Crippen LogP contribution in [0, 0.1) is 0 Å². The first-order valence-corrected chi connectivity index (χ1v) is 8.73. The molecule has 2 aromatic carbocycles. The van der Waals surface area contributed by atoms with E-state index in [0.717, 1.165) is 0 Å². The first kappa shape index (κ1) is 19.5. The quantitative estimate of drug-likeness (QED) is 0.407. The molecule has 3 rings (SSSR count). The minimum absolute atomic E-state index is 0.216. The van der Waals surface area contributed by atoms with E-state index in [0.29, 0.717) is 22.0 Å². The first-order chi connectivity index (χ1) is 13.5. The Labute approximate surface area is 170 Å². The average Bonchev–Trinajstić information content (AvgIpc) is 2.72. The normalized spacial score (nSPS) is 12.5. The molecule has 0 heterocycles. The second-order valence-corrected chi connectivity index (χ2v) is 6.29. The summed E-state index contributed by atoms with van der Waals surface area (Å²) in [6.45, 7) is 0.